The number of nitrogens with one attached hydrogen (secondary N) is 1. The molecule has 2 aromatic rings. The van der Waals surface area contributed by atoms with Crippen LogP contribution in [0.3, 0.4) is 0 Å². The largest absolute Gasteiger partial charge is 0.485 e. The maximum atomic E-state index is 12.9. The predicted molar refractivity (Wildman–Crippen MR) is 111 cm³/mol. The van der Waals surface area contributed by atoms with E-state index in [-0.39, 0.29) is 18.5 Å². The molecule has 1 aliphatic heterocycles. The number of fused-ring (bicyclic) bond motifs is 2. The molecule has 2 atom stereocenters. The van der Waals surface area contributed by atoms with E-state index in [2.05, 4.69) is 12.2 Å². The topological polar surface area (TPSA) is 73.9 Å². The summed E-state index contributed by atoms with van der Waals surface area (Å²) in [4.78, 5) is 26.7. The van der Waals surface area contributed by atoms with Crippen molar-refractivity contribution >= 4 is 28.2 Å². The highest BCUT2D eigenvalue weighted by atomic mass is 32.1. The third-order valence-electron chi connectivity index (χ3n) is 5.46. The van der Waals surface area contributed by atoms with Crippen molar-refractivity contribution in [1.82, 2.24) is 0 Å². The molecule has 0 spiro atoms. The van der Waals surface area contributed by atoms with Gasteiger partial charge in [0.1, 0.15) is 11.6 Å². The Morgan fingerprint density at radius 2 is 2.03 bits per heavy atom. The van der Waals surface area contributed by atoms with Gasteiger partial charge in [0.15, 0.2) is 11.5 Å². The molecule has 0 saturated carbocycles. The van der Waals surface area contributed by atoms with Gasteiger partial charge in [-0.1, -0.05) is 25.5 Å². The van der Waals surface area contributed by atoms with Gasteiger partial charge in [0, 0.05) is 4.88 Å². The molecule has 29 heavy (non-hydrogen) atoms. The van der Waals surface area contributed by atoms with Crippen molar-refractivity contribution in [2.75, 3.05) is 18.5 Å². The molecule has 0 fully saturated rings. The van der Waals surface area contributed by atoms with Crippen molar-refractivity contribution in [3.8, 4) is 11.5 Å². The molecule has 1 aromatic heterocycles. The Kier molecular flexibility index (Phi) is 5.76. The first-order valence-electron chi connectivity index (χ1n) is 10.1. The van der Waals surface area contributed by atoms with Gasteiger partial charge in [-0.05, 0) is 49.8 Å². The Bertz CT molecular complexity index is 922. The van der Waals surface area contributed by atoms with Crippen LogP contribution in [0.4, 0.5) is 5.00 Å². The minimum Gasteiger partial charge on any atom is -0.485 e. The number of amides is 1. The maximum Gasteiger partial charge on any atom is 0.341 e. The first-order valence-corrected chi connectivity index (χ1v) is 10.9. The molecular weight excluding hydrogens is 390 g/mol. The summed E-state index contributed by atoms with van der Waals surface area (Å²) < 4.78 is 16.7. The number of hydrogen-bond donors (Lipinski definition) is 1. The number of benzene rings is 1. The third-order valence-corrected chi connectivity index (χ3v) is 6.63. The molecule has 4 rings (SSSR count). The van der Waals surface area contributed by atoms with E-state index in [1.165, 1.54) is 16.2 Å². The van der Waals surface area contributed by atoms with Gasteiger partial charge >= 0.3 is 5.97 Å². The van der Waals surface area contributed by atoms with E-state index in [0.29, 0.717) is 34.6 Å². The van der Waals surface area contributed by atoms with E-state index < -0.39 is 6.10 Å². The minimum absolute atomic E-state index is 0.126. The second-order valence-electron chi connectivity index (χ2n) is 7.30. The van der Waals surface area contributed by atoms with E-state index in [9.17, 15) is 9.59 Å². The van der Waals surface area contributed by atoms with E-state index in [1.807, 2.05) is 12.1 Å². The highest BCUT2D eigenvalue weighted by Crippen LogP contribution is 2.41. The van der Waals surface area contributed by atoms with Crippen LogP contribution in [0.25, 0.3) is 0 Å². The van der Waals surface area contributed by atoms with Gasteiger partial charge in [-0.25, -0.2) is 4.79 Å². The normalized spacial score (nSPS) is 19.9. The molecule has 2 heterocycles. The number of carbonyl (C=O) groups excluding carboxylic acids is 2. The lowest BCUT2D eigenvalue weighted by Crippen LogP contribution is -2.40. The highest BCUT2D eigenvalue weighted by Gasteiger charge is 2.33. The predicted octanol–water partition coefficient (Wildman–Crippen LogP) is 4.22. The van der Waals surface area contributed by atoms with Crippen LogP contribution >= 0.6 is 11.3 Å². The summed E-state index contributed by atoms with van der Waals surface area (Å²) in [6, 6.07) is 7.26. The Labute approximate surface area is 174 Å². The van der Waals surface area contributed by atoms with Crippen molar-refractivity contribution in [3.63, 3.8) is 0 Å². The summed E-state index contributed by atoms with van der Waals surface area (Å²) in [7, 11) is 0. The first-order chi connectivity index (χ1) is 14.1. The first kappa shape index (κ1) is 19.8. The molecular formula is C22H25NO5S. The van der Waals surface area contributed by atoms with Crippen LogP contribution in [0.1, 0.15) is 47.5 Å². The number of carbonyl (C=O) groups is 2. The Morgan fingerprint density at radius 3 is 2.79 bits per heavy atom. The average Bonchev–Trinajstić information content (AvgIpc) is 3.10. The fourth-order valence-electron chi connectivity index (χ4n) is 3.85. The summed E-state index contributed by atoms with van der Waals surface area (Å²) in [5.74, 6) is 1.09. The molecule has 1 aliphatic carbocycles. The van der Waals surface area contributed by atoms with Crippen LogP contribution in [0.5, 0.6) is 11.5 Å². The number of thiophene rings is 1. The lowest BCUT2D eigenvalue weighted by atomic mass is 9.85. The molecule has 1 aromatic carbocycles. The summed E-state index contributed by atoms with van der Waals surface area (Å²) in [5.41, 5.74) is 1.53. The summed E-state index contributed by atoms with van der Waals surface area (Å²) in [5, 5.41) is 3.47. The van der Waals surface area contributed by atoms with E-state index >= 15 is 0 Å². The average molecular weight is 416 g/mol. The van der Waals surface area contributed by atoms with Gasteiger partial charge in [0.2, 0.25) is 6.10 Å². The quantitative estimate of drug-likeness (QED) is 0.740. The zero-order valence-electron chi connectivity index (χ0n) is 16.7. The molecule has 7 heteroatoms. The number of anilines is 1. The Hall–Kier alpha value is -2.54. The molecule has 2 aliphatic rings. The molecule has 154 valence electrons. The smallest absolute Gasteiger partial charge is 0.341 e. The molecule has 0 bridgehead atoms. The Balaban J connectivity index is 1.57. The van der Waals surface area contributed by atoms with Crippen LogP contribution in [-0.4, -0.2) is 31.2 Å². The van der Waals surface area contributed by atoms with Crippen molar-refractivity contribution < 1.29 is 23.8 Å². The van der Waals surface area contributed by atoms with Crippen molar-refractivity contribution in [3.05, 3.63) is 40.3 Å². The molecule has 1 amide bonds. The number of para-hydroxylation sites is 2. The van der Waals surface area contributed by atoms with Crippen LogP contribution in [0, 0.1) is 5.92 Å². The number of ether oxygens (including phenoxy) is 3. The molecule has 1 N–H and O–H groups in total. The van der Waals surface area contributed by atoms with E-state index in [4.69, 9.17) is 14.2 Å². The minimum atomic E-state index is -0.775. The van der Waals surface area contributed by atoms with Crippen LogP contribution in [-0.2, 0) is 22.4 Å². The highest BCUT2D eigenvalue weighted by molar-refractivity contribution is 7.17. The van der Waals surface area contributed by atoms with Crippen LogP contribution < -0.4 is 14.8 Å². The zero-order valence-corrected chi connectivity index (χ0v) is 17.5. The molecule has 0 saturated heterocycles. The maximum absolute atomic E-state index is 12.9. The van der Waals surface area contributed by atoms with Gasteiger partial charge in [-0.3, -0.25) is 4.79 Å². The van der Waals surface area contributed by atoms with E-state index in [1.54, 1.807) is 19.1 Å². The lowest BCUT2D eigenvalue weighted by Gasteiger charge is -2.25. The van der Waals surface area contributed by atoms with Gasteiger partial charge in [0.05, 0.1) is 12.2 Å². The molecule has 0 unspecified atom stereocenters. The Morgan fingerprint density at radius 1 is 1.24 bits per heavy atom. The van der Waals surface area contributed by atoms with Crippen LogP contribution in [0.2, 0.25) is 0 Å². The van der Waals surface area contributed by atoms with Gasteiger partial charge in [0.25, 0.3) is 5.91 Å². The summed E-state index contributed by atoms with van der Waals surface area (Å²) in [6.07, 6.45) is 3.17. The van der Waals surface area contributed by atoms with Gasteiger partial charge in [-0.2, -0.15) is 0 Å². The molecule has 6 nitrogen and oxygen atoms in total. The van der Waals surface area contributed by atoms with Crippen molar-refractivity contribution in [2.24, 2.45) is 5.92 Å². The summed E-state index contributed by atoms with van der Waals surface area (Å²) >= 11 is 1.48. The van der Waals surface area contributed by atoms with Gasteiger partial charge in [-0.15, -0.1) is 11.3 Å². The van der Waals surface area contributed by atoms with Crippen molar-refractivity contribution in [1.29, 1.82) is 0 Å². The second-order valence-corrected chi connectivity index (χ2v) is 8.40. The monoisotopic (exact) mass is 415 g/mol. The van der Waals surface area contributed by atoms with Crippen molar-refractivity contribution in [2.45, 2.75) is 45.6 Å². The second kappa shape index (κ2) is 8.45. The standard InChI is InChI=1S/C22H25NO5S/c1-3-13-9-10-14-18(11-13)29-21(19(14)22(25)26-4-2)23-20(24)17-12-27-15-7-5-6-8-16(15)28-17/h5-8,13,17H,3-4,9-12H2,1-2H3,(H,23,24)/t13-,17+/m1/s1. The fraction of sp³-hybridized carbons (Fsp3) is 0.455. The SMILES string of the molecule is CCOC(=O)c1c(NC(=O)[C@@H]2COc3ccccc3O2)sc2c1CC[C@@H](CC)C2. The summed E-state index contributed by atoms with van der Waals surface area (Å²) in [6.45, 7) is 4.40. The number of esters is 1. The van der Waals surface area contributed by atoms with Crippen LogP contribution in [0.15, 0.2) is 24.3 Å². The van der Waals surface area contributed by atoms with E-state index in [0.717, 1.165) is 31.2 Å². The lowest BCUT2D eigenvalue weighted by molar-refractivity contribution is -0.125. The fourth-order valence-corrected chi connectivity index (χ4v) is 5.20. The third kappa shape index (κ3) is 3.96. The number of hydrogen-bond acceptors (Lipinski definition) is 6. The zero-order chi connectivity index (χ0) is 20.4. The molecule has 0 radical (unpaired) electrons. The number of rotatable bonds is 5. The van der Waals surface area contributed by atoms with Gasteiger partial charge < -0.3 is 19.5 Å².